The van der Waals surface area contributed by atoms with E-state index in [1.54, 1.807) is 5.01 Å². The standard InChI is InChI=1S/C11H15N5/c12-11(13-15-7-3-1-4-8-15)14-16-9-5-2-6-10-16/h1-7,9H,8,10H2,(H3,12,13,14). The lowest BCUT2D eigenvalue weighted by atomic mass is 10.4. The maximum atomic E-state index is 5.77. The lowest BCUT2D eigenvalue weighted by molar-refractivity contribution is 0.353. The first-order chi connectivity index (χ1) is 7.84. The van der Waals surface area contributed by atoms with Gasteiger partial charge in [-0.3, -0.25) is 15.4 Å². The normalized spacial score (nSPS) is 19.4. The predicted octanol–water partition coefficient (Wildman–Crippen LogP) is 0.492. The van der Waals surface area contributed by atoms with Crippen molar-refractivity contribution >= 4 is 5.96 Å². The lowest BCUT2D eigenvalue weighted by Crippen LogP contribution is -2.44. The molecule has 2 aliphatic heterocycles. The highest BCUT2D eigenvalue weighted by Crippen LogP contribution is 1.99. The van der Waals surface area contributed by atoms with E-state index >= 15 is 0 Å². The second-order valence-corrected chi connectivity index (χ2v) is 3.41. The minimum Gasteiger partial charge on any atom is -0.367 e. The highest BCUT2D eigenvalue weighted by Gasteiger charge is 2.02. The number of hydrazone groups is 1. The van der Waals surface area contributed by atoms with Gasteiger partial charge < -0.3 is 5.73 Å². The third-order valence-corrected chi connectivity index (χ3v) is 2.11. The maximum absolute atomic E-state index is 5.77. The molecule has 0 spiro atoms. The van der Waals surface area contributed by atoms with Gasteiger partial charge in [0.05, 0.1) is 13.1 Å². The van der Waals surface area contributed by atoms with E-state index in [1.807, 2.05) is 53.9 Å². The fraction of sp³-hybridized carbons (Fsp3) is 0.182. The van der Waals surface area contributed by atoms with Crippen LogP contribution in [-0.2, 0) is 0 Å². The van der Waals surface area contributed by atoms with Crippen molar-refractivity contribution in [1.82, 2.24) is 15.4 Å². The molecule has 0 atom stereocenters. The second kappa shape index (κ2) is 5.06. The highest BCUT2D eigenvalue weighted by molar-refractivity contribution is 5.77. The summed E-state index contributed by atoms with van der Waals surface area (Å²) in [5, 5.41) is 7.84. The molecule has 16 heavy (non-hydrogen) atoms. The molecule has 0 amide bonds. The van der Waals surface area contributed by atoms with Crippen molar-refractivity contribution in [1.29, 1.82) is 0 Å². The Bertz CT molecular complexity index is 378. The van der Waals surface area contributed by atoms with Crippen molar-refractivity contribution in [3.8, 4) is 0 Å². The van der Waals surface area contributed by atoms with E-state index in [4.69, 9.17) is 5.73 Å². The molecule has 2 heterocycles. The van der Waals surface area contributed by atoms with Crippen LogP contribution in [0.4, 0.5) is 0 Å². The number of hydrogen-bond donors (Lipinski definition) is 2. The van der Waals surface area contributed by atoms with Gasteiger partial charge >= 0.3 is 0 Å². The summed E-state index contributed by atoms with van der Waals surface area (Å²) in [6.45, 7) is 1.52. The third kappa shape index (κ3) is 2.91. The molecule has 2 rings (SSSR count). The van der Waals surface area contributed by atoms with Gasteiger partial charge in [-0.2, -0.15) is 0 Å². The largest absolute Gasteiger partial charge is 0.367 e. The van der Waals surface area contributed by atoms with E-state index in [9.17, 15) is 0 Å². The summed E-state index contributed by atoms with van der Waals surface area (Å²) in [4.78, 5) is 0. The van der Waals surface area contributed by atoms with Crippen molar-refractivity contribution in [2.24, 2.45) is 10.8 Å². The molecule has 0 aliphatic carbocycles. The number of rotatable bonds is 2. The first-order valence-electron chi connectivity index (χ1n) is 5.15. The number of guanidine groups is 1. The number of nitrogens with one attached hydrogen (secondary N) is 1. The van der Waals surface area contributed by atoms with Crippen LogP contribution in [-0.4, -0.2) is 29.1 Å². The second-order valence-electron chi connectivity index (χ2n) is 3.41. The molecular formula is C11H15N5. The molecular weight excluding hydrogens is 202 g/mol. The smallest absolute Gasteiger partial charge is 0.230 e. The Kier molecular flexibility index (Phi) is 3.28. The monoisotopic (exact) mass is 217 g/mol. The number of hydrazine groups is 1. The van der Waals surface area contributed by atoms with E-state index in [0.717, 1.165) is 13.1 Å². The molecule has 0 saturated heterocycles. The van der Waals surface area contributed by atoms with Crippen LogP contribution in [0, 0.1) is 0 Å². The minimum atomic E-state index is 0.375. The van der Waals surface area contributed by atoms with Crippen LogP contribution in [0.5, 0.6) is 0 Å². The molecule has 0 bridgehead atoms. The van der Waals surface area contributed by atoms with Crippen molar-refractivity contribution < 1.29 is 0 Å². The average molecular weight is 217 g/mol. The van der Waals surface area contributed by atoms with Gasteiger partial charge in [0, 0.05) is 12.4 Å². The van der Waals surface area contributed by atoms with E-state index in [2.05, 4.69) is 10.5 Å². The molecule has 0 fully saturated rings. The Labute approximate surface area is 94.9 Å². The highest BCUT2D eigenvalue weighted by atomic mass is 15.6. The van der Waals surface area contributed by atoms with E-state index < -0.39 is 0 Å². The van der Waals surface area contributed by atoms with Crippen molar-refractivity contribution in [2.45, 2.75) is 0 Å². The fourth-order valence-electron chi connectivity index (χ4n) is 1.39. The van der Waals surface area contributed by atoms with Crippen LogP contribution < -0.4 is 11.2 Å². The first-order valence-corrected chi connectivity index (χ1v) is 5.15. The third-order valence-electron chi connectivity index (χ3n) is 2.11. The Morgan fingerprint density at radius 3 is 2.44 bits per heavy atom. The van der Waals surface area contributed by atoms with Crippen LogP contribution in [0.1, 0.15) is 0 Å². The summed E-state index contributed by atoms with van der Waals surface area (Å²) in [6.07, 6.45) is 15.7. The molecule has 3 N–H and O–H groups in total. The van der Waals surface area contributed by atoms with Crippen LogP contribution >= 0.6 is 0 Å². The quantitative estimate of drug-likeness (QED) is 0.522. The maximum Gasteiger partial charge on any atom is 0.230 e. The molecule has 0 radical (unpaired) electrons. The van der Waals surface area contributed by atoms with Crippen LogP contribution in [0.15, 0.2) is 54.0 Å². The van der Waals surface area contributed by atoms with E-state index in [1.165, 1.54) is 0 Å². The average Bonchev–Trinajstić information content (AvgIpc) is 2.31. The van der Waals surface area contributed by atoms with Gasteiger partial charge in [0.15, 0.2) is 0 Å². The summed E-state index contributed by atoms with van der Waals surface area (Å²) in [7, 11) is 0. The zero-order chi connectivity index (χ0) is 11.2. The van der Waals surface area contributed by atoms with Crippen molar-refractivity contribution in [2.75, 3.05) is 13.1 Å². The summed E-state index contributed by atoms with van der Waals surface area (Å²) >= 11 is 0. The van der Waals surface area contributed by atoms with Crippen LogP contribution in [0.25, 0.3) is 0 Å². The van der Waals surface area contributed by atoms with Gasteiger partial charge in [0.25, 0.3) is 0 Å². The number of nitrogens with zero attached hydrogens (tertiary/aromatic N) is 3. The SMILES string of the molecule is N/C(=N\N1C=CC=CC1)NN1C=CC=CC1. The Hall–Kier alpha value is -2.17. The predicted molar refractivity (Wildman–Crippen MR) is 64.7 cm³/mol. The zero-order valence-corrected chi connectivity index (χ0v) is 8.95. The summed E-state index contributed by atoms with van der Waals surface area (Å²) < 4.78 is 0. The Morgan fingerprint density at radius 2 is 1.81 bits per heavy atom. The number of allylic oxidation sites excluding steroid dienone is 4. The van der Waals surface area contributed by atoms with Crippen molar-refractivity contribution in [3.63, 3.8) is 0 Å². The van der Waals surface area contributed by atoms with Crippen molar-refractivity contribution in [3.05, 3.63) is 48.9 Å². The fourth-order valence-corrected chi connectivity index (χ4v) is 1.39. The Morgan fingerprint density at radius 1 is 1.06 bits per heavy atom. The van der Waals surface area contributed by atoms with Gasteiger partial charge in [-0.15, -0.1) is 5.10 Å². The molecule has 0 aromatic rings. The van der Waals surface area contributed by atoms with Gasteiger partial charge in [-0.1, -0.05) is 24.3 Å². The summed E-state index contributed by atoms with van der Waals surface area (Å²) in [5.74, 6) is 0.375. The zero-order valence-electron chi connectivity index (χ0n) is 8.95. The van der Waals surface area contributed by atoms with Crippen LogP contribution in [0.2, 0.25) is 0 Å². The molecule has 0 saturated carbocycles. The van der Waals surface area contributed by atoms with Crippen LogP contribution in [0.3, 0.4) is 0 Å². The van der Waals surface area contributed by atoms with Gasteiger partial charge in [0.2, 0.25) is 5.96 Å². The topological polar surface area (TPSA) is 56.9 Å². The molecule has 0 aromatic heterocycles. The first kappa shape index (κ1) is 10.4. The van der Waals surface area contributed by atoms with Gasteiger partial charge in [-0.25, -0.2) is 0 Å². The van der Waals surface area contributed by atoms with Gasteiger partial charge in [0.1, 0.15) is 0 Å². The summed E-state index contributed by atoms with van der Waals surface area (Å²) in [6, 6.07) is 0. The van der Waals surface area contributed by atoms with E-state index in [-0.39, 0.29) is 0 Å². The lowest BCUT2D eigenvalue weighted by Gasteiger charge is -2.23. The Balaban J connectivity index is 1.87. The molecule has 5 heteroatoms. The van der Waals surface area contributed by atoms with E-state index in [0.29, 0.717) is 5.96 Å². The van der Waals surface area contributed by atoms with Gasteiger partial charge in [-0.05, 0) is 12.2 Å². The summed E-state index contributed by atoms with van der Waals surface area (Å²) in [5.41, 5.74) is 8.76. The molecule has 0 aromatic carbocycles. The number of nitrogens with two attached hydrogens (primary N) is 1. The molecule has 2 aliphatic rings. The molecule has 0 unspecified atom stereocenters. The molecule has 5 nitrogen and oxygen atoms in total. The minimum absolute atomic E-state index is 0.375. The molecule has 84 valence electrons. The number of hydrogen-bond acceptors (Lipinski definition) is 3.